The fourth-order valence-corrected chi connectivity index (χ4v) is 2.13. The standard InChI is InChI=1S/C16H14N2O2/c1-11-5-6-14-13(8-11)12(10-20-14)9-16(19)18-15-4-2-3-7-17-15/h2-8,10H,9H2,1H3,(H,17,18,19). The van der Waals surface area contributed by atoms with Crippen molar-refractivity contribution in [3.63, 3.8) is 0 Å². The smallest absolute Gasteiger partial charge is 0.230 e. The number of benzene rings is 1. The van der Waals surface area contributed by atoms with Gasteiger partial charge in [-0.3, -0.25) is 4.79 Å². The van der Waals surface area contributed by atoms with Crippen LogP contribution in [0.5, 0.6) is 0 Å². The van der Waals surface area contributed by atoms with Gasteiger partial charge in [0.15, 0.2) is 0 Å². The van der Waals surface area contributed by atoms with Crippen molar-refractivity contribution in [1.29, 1.82) is 0 Å². The van der Waals surface area contributed by atoms with Gasteiger partial charge in [-0.25, -0.2) is 4.98 Å². The molecule has 0 bridgehead atoms. The van der Waals surface area contributed by atoms with Crippen LogP contribution in [0.15, 0.2) is 53.3 Å². The van der Waals surface area contributed by atoms with Crippen LogP contribution < -0.4 is 5.32 Å². The second-order valence-electron chi connectivity index (χ2n) is 4.70. The molecule has 0 saturated heterocycles. The number of anilines is 1. The third kappa shape index (κ3) is 2.54. The summed E-state index contributed by atoms with van der Waals surface area (Å²) in [6, 6.07) is 11.3. The molecule has 2 aromatic heterocycles. The first-order valence-corrected chi connectivity index (χ1v) is 6.40. The second kappa shape index (κ2) is 5.17. The SMILES string of the molecule is Cc1ccc2occ(CC(=O)Nc3ccccn3)c2c1. The van der Waals surface area contributed by atoms with Crippen LogP contribution in [0.25, 0.3) is 11.0 Å². The molecule has 3 aromatic rings. The molecule has 1 N–H and O–H groups in total. The first-order chi connectivity index (χ1) is 9.72. The van der Waals surface area contributed by atoms with E-state index >= 15 is 0 Å². The number of carbonyl (C=O) groups excluding carboxylic acids is 1. The van der Waals surface area contributed by atoms with Crippen molar-refractivity contribution in [2.24, 2.45) is 0 Å². The van der Waals surface area contributed by atoms with Crippen molar-refractivity contribution in [2.75, 3.05) is 5.32 Å². The van der Waals surface area contributed by atoms with Gasteiger partial charge < -0.3 is 9.73 Å². The van der Waals surface area contributed by atoms with Gasteiger partial charge in [-0.1, -0.05) is 17.7 Å². The Bertz CT molecular complexity index is 748. The number of aryl methyl sites for hydroxylation is 1. The Balaban J connectivity index is 1.79. The maximum absolute atomic E-state index is 12.0. The average Bonchev–Trinajstić information content (AvgIpc) is 2.82. The highest BCUT2D eigenvalue weighted by atomic mass is 16.3. The van der Waals surface area contributed by atoms with Gasteiger partial charge in [0.05, 0.1) is 12.7 Å². The van der Waals surface area contributed by atoms with Crippen LogP contribution >= 0.6 is 0 Å². The Morgan fingerprint density at radius 2 is 2.20 bits per heavy atom. The molecule has 20 heavy (non-hydrogen) atoms. The molecule has 4 nitrogen and oxygen atoms in total. The monoisotopic (exact) mass is 266 g/mol. The zero-order chi connectivity index (χ0) is 13.9. The number of hydrogen-bond donors (Lipinski definition) is 1. The van der Waals surface area contributed by atoms with Crippen molar-refractivity contribution in [2.45, 2.75) is 13.3 Å². The van der Waals surface area contributed by atoms with E-state index in [2.05, 4.69) is 10.3 Å². The first kappa shape index (κ1) is 12.4. The minimum absolute atomic E-state index is 0.104. The lowest BCUT2D eigenvalue weighted by Gasteiger charge is -2.03. The van der Waals surface area contributed by atoms with Crippen LogP contribution in [0.2, 0.25) is 0 Å². The molecule has 0 atom stereocenters. The molecular formula is C16H14N2O2. The molecule has 0 unspecified atom stereocenters. The molecule has 0 aliphatic heterocycles. The van der Waals surface area contributed by atoms with E-state index in [0.29, 0.717) is 5.82 Å². The van der Waals surface area contributed by atoms with Crippen molar-refractivity contribution in [3.05, 3.63) is 60.0 Å². The van der Waals surface area contributed by atoms with E-state index in [1.54, 1.807) is 18.5 Å². The van der Waals surface area contributed by atoms with Crippen LogP contribution in [0.3, 0.4) is 0 Å². The number of rotatable bonds is 3. The van der Waals surface area contributed by atoms with Crippen LogP contribution in [-0.4, -0.2) is 10.9 Å². The van der Waals surface area contributed by atoms with E-state index < -0.39 is 0 Å². The molecule has 1 amide bonds. The highest BCUT2D eigenvalue weighted by molar-refractivity contribution is 5.94. The summed E-state index contributed by atoms with van der Waals surface area (Å²) in [6.45, 7) is 2.02. The maximum atomic E-state index is 12.0. The van der Waals surface area contributed by atoms with E-state index in [1.807, 2.05) is 37.3 Å². The van der Waals surface area contributed by atoms with E-state index in [-0.39, 0.29) is 12.3 Å². The summed E-state index contributed by atoms with van der Waals surface area (Å²) < 4.78 is 5.46. The Kier molecular flexibility index (Phi) is 3.21. The molecule has 0 radical (unpaired) electrons. The summed E-state index contributed by atoms with van der Waals surface area (Å²) >= 11 is 0. The number of pyridine rings is 1. The summed E-state index contributed by atoms with van der Waals surface area (Å²) in [7, 11) is 0. The van der Waals surface area contributed by atoms with Crippen molar-refractivity contribution in [3.8, 4) is 0 Å². The summed E-state index contributed by atoms with van der Waals surface area (Å²) in [5.41, 5.74) is 2.83. The number of carbonyl (C=O) groups is 1. The Labute approximate surface area is 116 Å². The fourth-order valence-electron chi connectivity index (χ4n) is 2.13. The Morgan fingerprint density at radius 1 is 1.30 bits per heavy atom. The number of nitrogens with one attached hydrogen (secondary N) is 1. The molecule has 1 aromatic carbocycles. The zero-order valence-electron chi connectivity index (χ0n) is 11.1. The lowest BCUT2D eigenvalue weighted by Crippen LogP contribution is -2.14. The molecule has 4 heteroatoms. The van der Waals surface area contributed by atoms with Gasteiger partial charge in [0.2, 0.25) is 5.91 Å². The van der Waals surface area contributed by atoms with Gasteiger partial charge in [0.1, 0.15) is 11.4 Å². The van der Waals surface area contributed by atoms with Crippen molar-refractivity contribution < 1.29 is 9.21 Å². The number of fused-ring (bicyclic) bond motifs is 1. The van der Waals surface area contributed by atoms with Gasteiger partial charge in [-0.15, -0.1) is 0 Å². The topological polar surface area (TPSA) is 55.1 Å². The maximum Gasteiger partial charge on any atom is 0.230 e. The Morgan fingerprint density at radius 3 is 3.00 bits per heavy atom. The third-order valence-electron chi connectivity index (χ3n) is 3.09. The predicted octanol–water partition coefficient (Wildman–Crippen LogP) is 3.32. The van der Waals surface area contributed by atoms with E-state index in [0.717, 1.165) is 22.1 Å². The molecule has 0 spiro atoms. The first-order valence-electron chi connectivity index (χ1n) is 6.40. The molecule has 2 heterocycles. The number of nitrogens with zero attached hydrogens (tertiary/aromatic N) is 1. The minimum Gasteiger partial charge on any atom is -0.464 e. The van der Waals surface area contributed by atoms with Crippen LogP contribution in [0, 0.1) is 6.92 Å². The molecule has 0 fully saturated rings. The number of furan rings is 1. The number of hydrogen-bond acceptors (Lipinski definition) is 3. The fraction of sp³-hybridized carbons (Fsp3) is 0.125. The van der Waals surface area contributed by atoms with E-state index in [1.165, 1.54) is 0 Å². The summed E-state index contributed by atoms with van der Waals surface area (Å²) in [4.78, 5) is 16.1. The van der Waals surface area contributed by atoms with Crippen LogP contribution in [-0.2, 0) is 11.2 Å². The second-order valence-corrected chi connectivity index (χ2v) is 4.70. The molecule has 0 aliphatic rings. The predicted molar refractivity (Wildman–Crippen MR) is 77.5 cm³/mol. The van der Waals surface area contributed by atoms with Gasteiger partial charge >= 0.3 is 0 Å². The third-order valence-corrected chi connectivity index (χ3v) is 3.09. The summed E-state index contributed by atoms with van der Waals surface area (Å²) in [5, 5.41) is 3.75. The highest BCUT2D eigenvalue weighted by Crippen LogP contribution is 2.23. The van der Waals surface area contributed by atoms with Gasteiger partial charge in [-0.2, -0.15) is 0 Å². The lowest BCUT2D eigenvalue weighted by atomic mass is 10.1. The van der Waals surface area contributed by atoms with Gasteiger partial charge in [0, 0.05) is 17.1 Å². The van der Waals surface area contributed by atoms with Crippen LogP contribution in [0.4, 0.5) is 5.82 Å². The van der Waals surface area contributed by atoms with Crippen molar-refractivity contribution in [1.82, 2.24) is 4.98 Å². The highest BCUT2D eigenvalue weighted by Gasteiger charge is 2.11. The van der Waals surface area contributed by atoms with Gasteiger partial charge in [-0.05, 0) is 31.2 Å². The molecule has 100 valence electrons. The minimum atomic E-state index is -0.104. The number of aromatic nitrogens is 1. The zero-order valence-corrected chi connectivity index (χ0v) is 11.1. The van der Waals surface area contributed by atoms with Gasteiger partial charge in [0.25, 0.3) is 0 Å². The van der Waals surface area contributed by atoms with E-state index in [4.69, 9.17) is 4.42 Å². The van der Waals surface area contributed by atoms with Crippen LogP contribution in [0.1, 0.15) is 11.1 Å². The molecule has 3 rings (SSSR count). The molecule has 0 aliphatic carbocycles. The summed E-state index contributed by atoms with van der Waals surface area (Å²) in [6.07, 6.45) is 3.56. The van der Waals surface area contributed by atoms with Crippen molar-refractivity contribution >= 4 is 22.7 Å². The normalized spacial score (nSPS) is 10.7. The average molecular weight is 266 g/mol. The molecule has 0 saturated carbocycles. The quantitative estimate of drug-likeness (QED) is 0.791. The largest absolute Gasteiger partial charge is 0.464 e. The lowest BCUT2D eigenvalue weighted by molar-refractivity contribution is -0.115. The number of amides is 1. The molecular weight excluding hydrogens is 252 g/mol. The Hall–Kier alpha value is -2.62. The summed E-state index contributed by atoms with van der Waals surface area (Å²) in [5.74, 6) is 0.453. The van der Waals surface area contributed by atoms with E-state index in [9.17, 15) is 4.79 Å².